The predicted molar refractivity (Wildman–Crippen MR) is 50.1 cm³/mol. The Morgan fingerprint density at radius 1 is 1.58 bits per heavy atom. The smallest absolute Gasteiger partial charge is 0.336 e. The Morgan fingerprint density at radius 2 is 2.25 bits per heavy atom. The highest BCUT2D eigenvalue weighted by molar-refractivity contribution is 9.09. The van der Waals surface area contributed by atoms with E-state index in [1.54, 1.807) is 0 Å². The maximum absolute atomic E-state index is 11.0. The molecule has 12 heavy (non-hydrogen) atoms. The van der Waals surface area contributed by atoms with Gasteiger partial charge in [0.05, 0.1) is 25.6 Å². The van der Waals surface area contributed by atoms with Crippen LogP contribution in [0.5, 0.6) is 0 Å². The van der Waals surface area contributed by atoms with Crippen molar-refractivity contribution in [1.29, 1.82) is 0 Å². The molecule has 0 saturated carbocycles. The molecule has 0 amide bonds. The van der Waals surface area contributed by atoms with Crippen molar-refractivity contribution in [3.05, 3.63) is 11.8 Å². The Labute approximate surface area is 80.9 Å². The Morgan fingerprint density at radius 3 is 2.67 bits per heavy atom. The summed E-state index contributed by atoms with van der Waals surface area (Å²) in [5, 5.41) is 0.752. The molecule has 0 aliphatic heterocycles. The number of hydrogen-bond donors (Lipinski definition) is 0. The first-order valence-corrected chi connectivity index (χ1v) is 4.83. The molecule has 0 atom stereocenters. The molecule has 3 nitrogen and oxygen atoms in total. The minimum Gasteiger partial charge on any atom is -0.500 e. The fourth-order valence-corrected chi connectivity index (χ4v) is 0.798. The van der Waals surface area contributed by atoms with Crippen molar-refractivity contribution >= 4 is 21.9 Å². The van der Waals surface area contributed by atoms with Gasteiger partial charge in [0, 0.05) is 5.33 Å². The van der Waals surface area contributed by atoms with Crippen molar-refractivity contribution in [2.24, 2.45) is 0 Å². The van der Waals surface area contributed by atoms with Gasteiger partial charge in [-0.25, -0.2) is 4.79 Å². The minimum absolute atomic E-state index is 0.327. The molecule has 0 bridgehead atoms. The van der Waals surface area contributed by atoms with Crippen LogP contribution in [0.15, 0.2) is 11.8 Å². The summed E-state index contributed by atoms with van der Waals surface area (Å²) in [5.74, 6) is -0.327. The van der Waals surface area contributed by atoms with Gasteiger partial charge in [-0.05, 0) is 6.42 Å². The van der Waals surface area contributed by atoms with Gasteiger partial charge >= 0.3 is 5.97 Å². The van der Waals surface area contributed by atoms with Crippen molar-refractivity contribution in [1.82, 2.24) is 0 Å². The van der Waals surface area contributed by atoms with E-state index in [1.807, 2.05) is 6.92 Å². The zero-order chi connectivity index (χ0) is 9.40. The Bertz CT molecular complexity index is 166. The summed E-state index contributed by atoms with van der Waals surface area (Å²) in [6, 6.07) is 0. The lowest BCUT2D eigenvalue weighted by atomic mass is 10.2. The van der Waals surface area contributed by atoms with Gasteiger partial charge in [-0.1, -0.05) is 22.9 Å². The Hall–Kier alpha value is -0.510. The highest BCUT2D eigenvalue weighted by Gasteiger charge is 2.06. The van der Waals surface area contributed by atoms with E-state index in [0.717, 1.165) is 5.33 Å². The number of rotatable bonds is 5. The molecular weight excluding hydrogens is 224 g/mol. The molecule has 4 heteroatoms. The van der Waals surface area contributed by atoms with Crippen molar-refractivity contribution in [3.63, 3.8) is 0 Å². The SMILES string of the molecule is CCC(=COCCBr)C(=O)OC. The first-order valence-electron chi connectivity index (χ1n) is 3.71. The summed E-state index contributed by atoms with van der Waals surface area (Å²) in [6.45, 7) is 2.43. The maximum Gasteiger partial charge on any atom is 0.336 e. The number of alkyl halides is 1. The molecule has 0 aromatic rings. The summed E-state index contributed by atoms with van der Waals surface area (Å²) >= 11 is 3.21. The zero-order valence-corrected chi connectivity index (χ0v) is 8.89. The number of hydrogen-bond acceptors (Lipinski definition) is 3. The predicted octanol–water partition coefficient (Wildman–Crippen LogP) is 1.86. The standard InChI is InChI=1S/C8H13BrO3/c1-3-7(8(10)11-2)6-12-5-4-9/h6H,3-5H2,1-2H3. The van der Waals surface area contributed by atoms with Crippen LogP contribution in [0, 0.1) is 0 Å². The highest BCUT2D eigenvalue weighted by Crippen LogP contribution is 2.03. The number of methoxy groups -OCH3 is 1. The average molecular weight is 237 g/mol. The van der Waals surface area contributed by atoms with Gasteiger partial charge in [-0.15, -0.1) is 0 Å². The zero-order valence-electron chi connectivity index (χ0n) is 7.30. The lowest BCUT2D eigenvalue weighted by Crippen LogP contribution is -2.04. The number of halogens is 1. The molecule has 0 rings (SSSR count). The first-order chi connectivity index (χ1) is 5.76. The lowest BCUT2D eigenvalue weighted by Gasteiger charge is -2.02. The highest BCUT2D eigenvalue weighted by atomic mass is 79.9. The second kappa shape index (κ2) is 7.16. The second-order valence-electron chi connectivity index (χ2n) is 2.05. The molecule has 0 aromatic heterocycles. The first kappa shape index (κ1) is 11.5. The van der Waals surface area contributed by atoms with Crippen LogP contribution in [-0.2, 0) is 14.3 Å². The van der Waals surface area contributed by atoms with Crippen LogP contribution in [0.1, 0.15) is 13.3 Å². The molecule has 0 heterocycles. The third-order valence-electron chi connectivity index (χ3n) is 1.25. The van der Waals surface area contributed by atoms with Crippen LogP contribution in [0.4, 0.5) is 0 Å². The molecule has 0 saturated heterocycles. The van der Waals surface area contributed by atoms with Crippen molar-refractivity contribution in [2.45, 2.75) is 13.3 Å². The topological polar surface area (TPSA) is 35.5 Å². The van der Waals surface area contributed by atoms with Crippen molar-refractivity contribution in [3.8, 4) is 0 Å². The summed E-state index contributed by atoms with van der Waals surface area (Å²) in [5.41, 5.74) is 0.554. The van der Waals surface area contributed by atoms with Crippen molar-refractivity contribution in [2.75, 3.05) is 19.0 Å². The van der Waals surface area contributed by atoms with E-state index in [0.29, 0.717) is 18.6 Å². The molecule has 0 spiro atoms. The van der Waals surface area contributed by atoms with Crippen LogP contribution >= 0.6 is 15.9 Å². The van der Waals surface area contributed by atoms with Crippen LogP contribution in [0.25, 0.3) is 0 Å². The van der Waals surface area contributed by atoms with Gasteiger partial charge < -0.3 is 9.47 Å². The van der Waals surface area contributed by atoms with Gasteiger partial charge in [-0.2, -0.15) is 0 Å². The fraction of sp³-hybridized carbons (Fsp3) is 0.625. The van der Waals surface area contributed by atoms with E-state index in [9.17, 15) is 4.79 Å². The monoisotopic (exact) mass is 236 g/mol. The van der Waals surface area contributed by atoms with Crippen LogP contribution in [0.2, 0.25) is 0 Å². The molecule has 0 fully saturated rings. The van der Waals surface area contributed by atoms with E-state index in [1.165, 1.54) is 13.4 Å². The largest absolute Gasteiger partial charge is 0.500 e. The summed E-state index contributed by atoms with van der Waals surface area (Å²) in [4.78, 5) is 11.0. The number of carbonyl (C=O) groups is 1. The van der Waals surface area contributed by atoms with E-state index >= 15 is 0 Å². The summed E-state index contributed by atoms with van der Waals surface area (Å²) in [7, 11) is 1.36. The molecule has 0 aromatic carbocycles. The quantitative estimate of drug-likeness (QED) is 0.241. The molecular formula is C8H13BrO3. The van der Waals surface area contributed by atoms with Gasteiger partial charge in [0.2, 0.25) is 0 Å². The Kier molecular flexibility index (Phi) is 6.85. The second-order valence-corrected chi connectivity index (χ2v) is 2.84. The van der Waals surface area contributed by atoms with Crippen LogP contribution in [-0.4, -0.2) is 25.0 Å². The Balaban J connectivity index is 3.95. The minimum atomic E-state index is -0.327. The van der Waals surface area contributed by atoms with Crippen LogP contribution < -0.4 is 0 Å². The molecule has 0 aliphatic rings. The van der Waals surface area contributed by atoms with E-state index in [-0.39, 0.29) is 5.97 Å². The normalized spacial score (nSPS) is 11.1. The van der Waals surface area contributed by atoms with Gasteiger partial charge in [0.25, 0.3) is 0 Å². The van der Waals surface area contributed by atoms with Gasteiger partial charge in [0.1, 0.15) is 0 Å². The third kappa shape index (κ3) is 4.38. The molecule has 0 unspecified atom stereocenters. The fourth-order valence-electron chi connectivity index (χ4n) is 0.611. The maximum atomic E-state index is 11.0. The van der Waals surface area contributed by atoms with Gasteiger partial charge in [-0.3, -0.25) is 0 Å². The van der Waals surface area contributed by atoms with Crippen molar-refractivity contribution < 1.29 is 14.3 Å². The van der Waals surface area contributed by atoms with Crippen LogP contribution in [0.3, 0.4) is 0 Å². The van der Waals surface area contributed by atoms with E-state index < -0.39 is 0 Å². The lowest BCUT2D eigenvalue weighted by molar-refractivity contribution is -0.136. The number of esters is 1. The summed E-state index contributed by atoms with van der Waals surface area (Å²) < 4.78 is 9.58. The van der Waals surface area contributed by atoms with Gasteiger partial charge in [0.15, 0.2) is 0 Å². The average Bonchev–Trinajstić information content (AvgIpc) is 2.11. The van der Waals surface area contributed by atoms with E-state index in [2.05, 4.69) is 20.7 Å². The number of carbonyl (C=O) groups excluding carboxylic acids is 1. The summed E-state index contributed by atoms with van der Waals surface area (Å²) in [6.07, 6.45) is 2.07. The number of ether oxygens (including phenoxy) is 2. The molecule has 70 valence electrons. The third-order valence-corrected chi connectivity index (χ3v) is 1.57. The molecule has 0 radical (unpaired) electrons. The molecule has 0 aliphatic carbocycles. The van der Waals surface area contributed by atoms with E-state index in [4.69, 9.17) is 4.74 Å². The molecule has 0 N–H and O–H groups in total.